The van der Waals surface area contributed by atoms with Crippen molar-refractivity contribution in [1.82, 2.24) is 21.3 Å². The van der Waals surface area contributed by atoms with E-state index >= 15 is 0 Å². The van der Waals surface area contributed by atoms with Crippen LogP contribution < -0.4 is 27.0 Å². The molecule has 176 valence electrons. The lowest BCUT2D eigenvalue weighted by atomic mass is 10.2. The topological polar surface area (TPSA) is 148 Å². The fourth-order valence-corrected chi connectivity index (χ4v) is 2.76. The molecule has 32 heavy (non-hydrogen) atoms. The van der Waals surface area contributed by atoms with Gasteiger partial charge in [-0.2, -0.15) is 0 Å². The fourth-order valence-electron chi connectivity index (χ4n) is 2.44. The second-order valence-electron chi connectivity index (χ2n) is 7.01. The van der Waals surface area contributed by atoms with Gasteiger partial charge >= 0.3 is 0 Å². The molecule has 1 amide bonds. The second-order valence-corrected chi connectivity index (χ2v) is 7.83. The summed E-state index contributed by atoms with van der Waals surface area (Å²) in [6.45, 7) is 7.37. The summed E-state index contributed by atoms with van der Waals surface area (Å²) in [6.07, 6.45) is 1.12. The number of halogens is 2. The van der Waals surface area contributed by atoms with E-state index in [4.69, 9.17) is 44.5 Å². The highest BCUT2D eigenvalue weighted by molar-refractivity contribution is 6.42. The van der Waals surface area contributed by atoms with Crippen LogP contribution >= 0.6 is 23.2 Å². The number of nitrogens with two attached hydrogens (primary N) is 1. The average molecular weight is 484 g/mol. The number of hydrogen-bond donors (Lipinski definition) is 7. The van der Waals surface area contributed by atoms with E-state index in [2.05, 4.69) is 21.3 Å². The number of hydrogen-bond acceptors (Lipinski definition) is 6. The van der Waals surface area contributed by atoms with Crippen LogP contribution in [0.3, 0.4) is 0 Å². The molecule has 0 spiro atoms. The van der Waals surface area contributed by atoms with Crippen LogP contribution in [0.25, 0.3) is 0 Å². The van der Waals surface area contributed by atoms with Crippen LogP contribution in [0.2, 0.25) is 10.0 Å². The number of guanidine groups is 1. The maximum absolute atomic E-state index is 12.9. The molecule has 0 saturated heterocycles. The molecular weight excluding hydrogens is 453 g/mol. The molecule has 0 aliphatic carbocycles. The monoisotopic (exact) mass is 483 g/mol. The van der Waals surface area contributed by atoms with E-state index in [-0.39, 0.29) is 17.6 Å². The largest absolute Gasteiger partial charge is 0.378 e. The maximum Gasteiger partial charge on any atom is 0.273 e. The Labute approximate surface area is 198 Å². The molecule has 9 nitrogen and oxygen atoms in total. The first-order chi connectivity index (χ1) is 15.1. The Morgan fingerprint density at radius 1 is 1.09 bits per heavy atom. The number of carbonyl (C=O) groups excluding carboxylic acids is 1. The molecule has 0 fully saturated rings. The van der Waals surface area contributed by atoms with Crippen LogP contribution in [0.4, 0.5) is 0 Å². The standard InChI is InChI=1S/C21H31Cl2N7O2/c1-13(2)19(29-12-15-4-5-16(22)17(23)10-15)30-20(31)18(14(3)11-24)27-6-8-32-9-7-28-21(25)26/h4-5,10-11,24,27,29H,6-9,12H2,1-3H3,(H,30,31)(H4,25,26,28)/b18-14-,24-11?. The molecule has 1 aromatic carbocycles. The van der Waals surface area contributed by atoms with Gasteiger partial charge in [0, 0.05) is 25.8 Å². The molecule has 0 atom stereocenters. The highest BCUT2D eigenvalue weighted by Crippen LogP contribution is 2.22. The van der Waals surface area contributed by atoms with Crippen molar-refractivity contribution in [3.63, 3.8) is 0 Å². The smallest absolute Gasteiger partial charge is 0.273 e. The average Bonchev–Trinajstić information content (AvgIpc) is 2.74. The normalized spacial score (nSPS) is 11.2. The number of benzene rings is 1. The molecule has 0 aliphatic rings. The first kappa shape index (κ1) is 27.3. The zero-order valence-electron chi connectivity index (χ0n) is 18.5. The van der Waals surface area contributed by atoms with Crippen molar-refractivity contribution in [3.05, 3.63) is 56.5 Å². The molecule has 0 aromatic heterocycles. The quantitative estimate of drug-likeness (QED) is 0.0990. The Balaban J connectivity index is 2.67. The van der Waals surface area contributed by atoms with Crippen molar-refractivity contribution in [2.45, 2.75) is 27.3 Å². The van der Waals surface area contributed by atoms with Crippen molar-refractivity contribution in [2.75, 3.05) is 26.3 Å². The highest BCUT2D eigenvalue weighted by atomic mass is 35.5. The van der Waals surface area contributed by atoms with E-state index in [0.29, 0.717) is 54.3 Å². The predicted octanol–water partition coefficient (Wildman–Crippen LogP) is 2.46. The molecule has 11 heteroatoms. The summed E-state index contributed by atoms with van der Waals surface area (Å²) in [6, 6.07) is 5.33. The molecule has 8 N–H and O–H groups in total. The van der Waals surface area contributed by atoms with Crippen molar-refractivity contribution in [2.24, 2.45) is 5.73 Å². The second kappa shape index (κ2) is 14.3. The highest BCUT2D eigenvalue weighted by Gasteiger charge is 2.14. The third-order valence-corrected chi connectivity index (χ3v) is 4.88. The van der Waals surface area contributed by atoms with Crippen molar-refractivity contribution < 1.29 is 9.53 Å². The van der Waals surface area contributed by atoms with Crippen molar-refractivity contribution >= 4 is 41.3 Å². The number of allylic oxidation sites excluding steroid dienone is 2. The van der Waals surface area contributed by atoms with Crippen LogP contribution in [0, 0.1) is 10.8 Å². The number of carbonyl (C=O) groups is 1. The Hall–Kier alpha value is -2.75. The summed E-state index contributed by atoms with van der Waals surface area (Å²) in [5.74, 6) is 0.0739. The molecule has 0 radical (unpaired) electrons. The van der Waals surface area contributed by atoms with Crippen LogP contribution in [-0.2, 0) is 16.1 Å². The summed E-state index contributed by atoms with van der Waals surface area (Å²) >= 11 is 12.0. The number of nitrogens with one attached hydrogen (secondary N) is 6. The lowest BCUT2D eigenvalue weighted by molar-refractivity contribution is -0.117. The summed E-state index contributed by atoms with van der Waals surface area (Å²) in [4.78, 5) is 12.9. The summed E-state index contributed by atoms with van der Waals surface area (Å²) < 4.78 is 5.42. The zero-order valence-corrected chi connectivity index (χ0v) is 20.0. The summed E-state index contributed by atoms with van der Waals surface area (Å²) in [7, 11) is 0. The minimum absolute atomic E-state index is 0.113. The van der Waals surface area contributed by atoms with E-state index < -0.39 is 0 Å². The van der Waals surface area contributed by atoms with Gasteiger partial charge < -0.3 is 37.1 Å². The van der Waals surface area contributed by atoms with Crippen LogP contribution in [0.15, 0.2) is 40.9 Å². The Morgan fingerprint density at radius 2 is 1.75 bits per heavy atom. The lowest BCUT2D eigenvalue weighted by Crippen LogP contribution is -2.38. The Kier molecular flexibility index (Phi) is 12.2. The molecule has 1 aromatic rings. The molecule has 0 heterocycles. The van der Waals surface area contributed by atoms with Gasteiger partial charge in [0.15, 0.2) is 5.96 Å². The first-order valence-electron chi connectivity index (χ1n) is 9.93. The minimum atomic E-state index is -0.373. The number of ether oxygens (including phenoxy) is 1. The van der Waals surface area contributed by atoms with Crippen molar-refractivity contribution in [3.8, 4) is 0 Å². The zero-order chi connectivity index (χ0) is 24.1. The Morgan fingerprint density at radius 3 is 2.31 bits per heavy atom. The van der Waals surface area contributed by atoms with Gasteiger partial charge in [-0.3, -0.25) is 10.2 Å². The molecule has 0 bridgehead atoms. The van der Waals surface area contributed by atoms with Crippen LogP contribution in [0.5, 0.6) is 0 Å². The summed E-state index contributed by atoms with van der Waals surface area (Å²) in [5.41, 5.74) is 7.75. The predicted molar refractivity (Wildman–Crippen MR) is 130 cm³/mol. The molecule has 1 rings (SSSR count). The van der Waals surface area contributed by atoms with Crippen LogP contribution in [-0.4, -0.2) is 44.4 Å². The van der Waals surface area contributed by atoms with Gasteiger partial charge in [0.1, 0.15) is 11.5 Å². The molecular formula is C21H31Cl2N7O2. The van der Waals surface area contributed by atoms with Crippen LogP contribution in [0.1, 0.15) is 26.3 Å². The van der Waals surface area contributed by atoms with Gasteiger partial charge in [-0.05, 0) is 49.6 Å². The Bertz CT molecular complexity index is 881. The van der Waals surface area contributed by atoms with Gasteiger partial charge in [-0.15, -0.1) is 0 Å². The third-order valence-electron chi connectivity index (χ3n) is 4.14. The van der Waals surface area contributed by atoms with E-state index in [1.807, 2.05) is 19.9 Å². The van der Waals surface area contributed by atoms with Gasteiger partial charge in [0.2, 0.25) is 0 Å². The summed E-state index contributed by atoms with van der Waals surface area (Å²) in [5, 5.41) is 27.3. The van der Waals surface area contributed by atoms with E-state index in [0.717, 1.165) is 17.4 Å². The third kappa shape index (κ3) is 10.0. The van der Waals surface area contributed by atoms with Gasteiger partial charge in [0.25, 0.3) is 5.91 Å². The van der Waals surface area contributed by atoms with Gasteiger partial charge in [-0.25, -0.2) is 0 Å². The SMILES string of the molecule is CC(C)=C(NCc1ccc(Cl)c(Cl)c1)NC(=O)/C(NCCOCCNC(=N)N)=C(\C)C=N. The van der Waals surface area contributed by atoms with Crippen molar-refractivity contribution in [1.29, 1.82) is 10.8 Å². The maximum atomic E-state index is 12.9. The molecule has 0 aliphatic heterocycles. The van der Waals surface area contributed by atoms with E-state index in [1.165, 1.54) is 0 Å². The fraction of sp³-hybridized carbons (Fsp3) is 0.381. The molecule has 0 unspecified atom stereocenters. The number of rotatable bonds is 13. The van der Waals surface area contributed by atoms with Gasteiger partial charge in [-0.1, -0.05) is 29.3 Å². The first-order valence-corrected chi connectivity index (χ1v) is 10.7. The minimum Gasteiger partial charge on any atom is -0.378 e. The molecule has 0 saturated carbocycles. The van der Waals surface area contributed by atoms with E-state index in [1.54, 1.807) is 19.1 Å². The lowest BCUT2D eigenvalue weighted by Gasteiger charge is -2.18. The van der Waals surface area contributed by atoms with Gasteiger partial charge in [0.05, 0.1) is 23.3 Å². The van der Waals surface area contributed by atoms with E-state index in [9.17, 15) is 4.79 Å². The number of amides is 1.